The zero-order chi connectivity index (χ0) is 9.10. The van der Waals surface area contributed by atoms with E-state index in [0.29, 0.717) is 6.04 Å². The molecule has 0 aromatic carbocycles. The second kappa shape index (κ2) is 3.66. The molecule has 0 aliphatic rings. The Balaban J connectivity index is 2.04. The van der Waals surface area contributed by atoms with Gasteiger partial charge >= 0.3 is 0 Å². The minimum absolute atomic E-state index is 0.360. The van der Waals surface area contributed by atoms with E-state index in [1.807, 2.05) is 29.2 Å². The van der Waals surface area contributed by atoms with Crippen molar-refractivity contribution >= 4 is 11.3 Å². The lowest BCUT2D eigenvalue weighted by molar-refractivity contribution is 0.730. The fourth-order valence-corrected chi connectivity index (χ4v) is 1.99. The Bertz CT molecular complexity index is 337. The van der Waals surface area contributed by atoms with E-state index in [1.165, 1.54) is 5.56 Å². The summed E-state index contributed by atoms with van der Waals surface area (Å²) in [6, 6.07) is 6.52. The molecule has 68 valence electrons. The summed E-state index contributed by atoms with van der Waals surface area (Å²) in [5.74, 6) is 0. The molecule has 3 heteroatoms. The second-order valence-corrected chi connectivity index (χ2v) is 3.78. The van der Waals surface area contributed by atoms with Crippen LogP contribution in [0, 0.1) is 0 Å². The van der Waals surface area contributed by atoms with E-state index in [4.69, 9.17) is 0 Å². The van der Waals surface area contributed by atoms with E-state index < -0.39 is 0 Å². The van der Waals surface area contributed by atoms with Crippen LogP contribution in [-0.2, 0) is 0 Å². The molecule has 13 heavy (non-hydrogen) atoms. The zero-order valence-electron chi connectivity index (χ0n) is 7.47. The first-order valence-electron chi connectivity index (χ1n) is 4.28. The lowest BCUT2D eigenvalue weighted by Crippen LogP contribution is -2.16. The molecule has 2 nitrogen and oxygen atoms in total. The second-order valence-electron chi connectivity index (χ2n) is 3.00. The first-order valence-corrected chi connectivity index (χ1v) is 5.22. The fourth-order valence-electron chi connectivity index (χ4n) is 1.24. The van der Waals surface area contributed by atoms with Crippen LogP contribution in [0.5, 0.6) is 0 Å². The normalized spacial score (nSPS) is 12.7. The number of nitrogens with one attached hydrogen (secondary N) is 1. The molecule has 1 unspecified atom stereocenters. The smallest absolute Gasteiger partial charge is 0.0653 e. The van der Waals surface area contributed by atoms with Crippen molar-refractivity contribution < 1.29 is 0 Å². The molecule has 0 fully saturated rings. The van der Waals surface area contributed by atoms with Gasteiger partial charge < -0.3 is 5.43 Å². The quantitative estimate of drug-likeness (QED) is 0.791. The maximum Gasteiger partial charge on any atom is 0.0653 e. The van der Waals surface area contributed by atoms with Gasteiger partial charge in [0, 0.05) is 12.4 Å². The van der Waals surface area contributed by atoms with Crippen LogP contribution in [0.3, 0.4) is 0 Å². The van der Waals surface area contributed by atoms with Gasteiger partial charge in [0.2, 0.25) is 0 Å². The summed E-state index contributed by atoms with van der Waals surface area (Å²) >= 11 is 1.73. The van der Waals surface area contributed by atoms with Crippen LogP contribution in [-0.4, -0.2) is 4.68 Å². The molecule has 0 amide bonds. The number of nitrogens with zero attached hydrogens (tertiary/aromatic N) is 1. The lowest BCUT2D eigenvalue weighted by Gasteiger charge is -2.14. The first-order chi connectivity index (χ1) is 6.36. The Hall–Kier alpha value is -1.22. The average molecular weight is 192 g/mol. The van der Waals surface area contributed by atoms with Gasteiger partial charge in [0.25, 0.3) is 0 Å². The molecule has 2 aromatic heterocycles. The van der Waals surface area contributed by atoms with Crippen molar-refractivity contribution in [3.63, 3.8) is 0 Å². The van der Waals surface area contributed by atoms with Crippen LogP contribution in [0.4, 0.5) is 0 Å². The Labute approximate surface area is 81.8 Å². The van der Waals surface area contributed by atoms with Crippen molar-refractivity contribution in [1.29, 1.82) is 0 Å². The van der Waals surface area contributed by atoms with Crippen LogP contribution in [0.2, 0.25) is 0 Å². The highest BCUT2D eigenvalue weighted by molar-refractivity contribution is 7.07. The van der Waals surface area contributed by atoms with Crippen molar-refractivity contribution in [3.8, 4) is 0 Å². The summed E-state index contributed by atoms with van der Waals surface area (Å²) in [5.41, 5.74) is 4.68. The van der Waals surface area contributed by atoms with Crippen LogP contribution in [0.1, 0.15) is 18.5 Å². The third-order valence-corrected chi connectivity index (χ3v) is 2.69. The molecular formula is C10H12N2S. The summed E-state index contributed by atoms with van der Waals surface area (Å²) in [7, 11) is 0. The summed E-state index contributed by atoms with van der Waals surface area (Å²) in [4.78, 5) is 0. The predicted molar refractivity (Wildman–Crippen MR) is 56.5 cm³/mol. The molecular weight excluding hydrogens is 180 g/mol. The Morgan fingerprint density at radius 1 is 1.38 bits per heavy atom. The van der Waals surface area contributed by atoms with Crippen molar-refractivity contribution in [2.45, 2.75) is 13.0 Å². The highest BCUT2D eigenvalue weighted by atomic mass is 32.1. The summed E-state index contributed by atoms with van der Waals surface area (Å²) < 4.78 is 1.97. The predicted octanol–water partition coefficient (Wildman–Crippen LogP) is 2.85. The first kappa shape index (κ1) is 8.38. The van der Waals surface area contributed by atoms with E-state index in [2.05, 4.69) is 29.2 Å². The third-order valence-electron chi connectivity index (χ3n) is 1.99. The maximum absolute atomic E-state index is 3.35. The van der Waals surface area contributed by atoms with Crippen molar-refractivity contribution in [2.24, 2.45) is 0 Å². The largest absolute Gasteiger partial charge is 0.319 e. The van der Waals surface area contributed by atoms with Gasteiger partial charge in [-0.3, -0.25) is 4.68 Å². The van der Waals surface area contributed by atoms with E-state index in [9.17, 15) is 0 Å². The van der Waals surface area contributed by atoms with Crippen molar-refractivity contribution in [3.05, 3.63) is 46.9 Å². The molecule has 0 saturated heterocycles. The van der Waals surface area contributed by atoms with Gasteiger partial charge in [0.15, 0.2) is 0 Å². The summed E-state index contributed by atoms with van der Waals surface area (Å²) in [6.07, 6.45) is 4.01. The van der Waals surface area contributed by atoms with Gasteiger partial charge in [-0.1, -0.05) is 0 Å². The topological polar surface area (TPSA) is 17.0 Å². The molecule has 0 aliphatic heterocycles. The average Bonchev–Trinajstić information content (AvgIpc) is 2.74. The molecule has 0 aliphatic carbocycles. The molecule has 0 radical (unpaired) electrons. The number of hydrogen-bond acceptors (Lipinski definition) is 2. The molecule has 1 N–H and O–H groups in total. The number of aromatic nitrogens is 1. The maximum atomic E-state index is 3.35. The van der Waals surface area contributed by atoms with Gasteiger partial charge in [-0.05, 0) is 41.4 Å². The molecule has 2 aromatic rings. The van der Waals surface area contributed by atoms with Gasteiger partial charge in [-0.25, -0.2) is 0 Å². The Kier molecular flexibility index (Phi) is 2.36. The zero-order valence-corrected chi connectivity index (χ0v) is 8.29. The van der Waals surface area contributed by atoms with E-state index in [-0.39, 0.29) is 0 Å². The summed E-state index contributed by atoms with van der Waals surface area (Å²) in [5, 5.41) is 4.27. The van der Waals surface area contributed by atoms with E-state index in [1.54, 1.807) is 11.3 Å². The van der Waals surface area contributed by atoms with Crippen LogP contribution in [0.25, 0.3) is 0 Å². The molecule has 0 saturated carbocycles. The standard InChI is InChI=1S/C10H12N2S/c1-9(10-4-7-13-8-10)11-12-5-2-3-6-12/h2-9,11H,1H3. The number of hydrogen-bond donors (Lipinski definition) is 1. The van der Waals surface area contributed by atoms with E-state index >= 15 is 0 Å². The Morgan fingerprint density at radius 2 is 2.15 bits per heavy atom. The van der Waals surface area contributed by atoms with E-state index in [0.717, 1.165) is 0 Å². The molecule has 1 atom stereocenters. The SMILES string of the molecule is CC(Nn1cccc1)c1ccsc1. The molecule has 2 heterocycles. The minimum atomic E-state index is 0.360. The third kappa shape index (κ3) is 1.92. The number of rotatable bonds is 3. The lowest BCUT2D eigenvalue weighted by atomic mass is 10.2. The van der Waals surface area contributed by atoms with Gasteiger partial charge in [0.1, 0.15) is 0 Å². The molecule has 0 bridgehead atoms. The Morgan fingerprint density at radius 3 is 2.77 bits per heavy atom. The van der Waals surface area contributed by atoms with Crippen LogP contribution < -0.4 is 5.43 Å². The van der Waals surface area contributed by atoms with Crippen LogP contribution in [0.15, 0.2) is 41.4 Å². The van der Waals surface area contributed by atoms with Crippen LogP contribution >= 0.6 is 11.3 Å². The van der Waals surface area contributed by atoms with Gasteiger partial charge in [-0.15, -0.1) is 0 Å². The highest BCUT2D eigenvalue weighted by Gasteiger charge is 2.03. The minimum Gasteiger partial charge on any atom is -0.319 e. The highest BCUT2D eigenvalue weighted by Crippen LogP contribution is 2.16. The van der Waals surface area contributed by atoms with Gasteiger partial charge in [0.05, 0.1) is 6.04 Å². The summed E-state index contributed by atoms with van der Waals surface area (Å²) in [6.45, 7) is 2.15. The molecule has 0 spiro atoms. The van der Waals surface area contributed by atoms with Gasteiger partial charge in [-0.2, -0.15) is 11.3 Å². The van der Waals surface area contributed by atoms with Crippen molar-refractivity contribution in [2.75, 3.05) is 5.43 Å². The number of thiophene rings is 1. The van der Waals surface area contributed by atoms with Crippen molar-refractivity contribution in [1.82, 2.24) is 4.68 Å². The monoisotopic (exact) mass is 192 g/mol. The fraction of sp³-hybridized carbons (Fsp3) is 0.200. The molecule has 2 rings (SSSR count).